The molecular formula is C21H22N2O8. The number of ether oxygens (including phenoxy) is 4. The number of hydrogen-bond acceptors (Lipinski definition) is 8. The second-order valence-corrected chi connectivity index (χ2v) is 6.71. The van der Waals surface area contributed by atoms with Crippen LogP contribution in [0.1, 0.15) is 22.8 Å². The minimum absolute atomic E-state index is 0.179. The molecular weight excluding hydrogens is 408 g/mol. The standard InChI is InChI=1S/C21H22N2O8/c1-13(20(24)22-8-7-14-3-5-15(28-2)6-4-14)31-21(25)16-11-18-19(30-10-9-29-18)12-17(16)23(26)27/h3-6,11-13H,7-10H2,1-2H3,(H,22,24). The number of amides is 1. The monoisotopic (exact) mass is 430 g/mol. The van der Waals surface area contributed by atoms with Crippen LogP contribution in [0.4, 0.5) is 5.69 Å². The molecule has 0 radical (unpaired) electrons. The summed E-state index contributed by atoms with van der Waals surface area (Å²) >= 11 is 0. The topological polar surface area (TPSA) is 126 Å². The first kappa shape index (κ1) is 21.9. The molecule has 0 fully saturated rings. The Kier molecular flexibility index (Phi) is 6.91. The summed E-state index contributed by atoms with van der Waals surface area (Å²) in [5.41, 5.74) is 0.200. The van der Waals surface area contributed by atoms with E-state index in [2.05, 4.69) is 5.32 Å². The zero-order chi connectivity index (χ0) is 22.4. The fourth-order valence-electron chi connectivity index (χ4n) is 2.94. The third-order valence-electron chi connectivity index (χ3n) is 4.60. The van der Waals surface area contributed by atoms with Crippen LogP contribution in [0.15, 0.2) is 36.4 Å². The number of carbonyl (C=O) groups excluding carboxylic acids is 2. The number of nitro benzene ring substituents is 1. The van der Waals surface area contributed by atoms with Crippen LogP contribution < -0.4 is 19.5 Å². The minimum Gasteiger partial charge on any atom is -0.497 e. The van der Waals surface area contributed by atoms with Crippen molar-refractivity contribution in [3.05, 3.63) is 57.6 Å². The summed E-state index contributed by atoms with van der Waals surface area (Å²) in [5.74, 6) is -0.385. The maximum atomic E-state index is 12.5. The number of nitro groups is 1. The van der Waals surface area contributed by atoms with E-state index < -0.39 is 28.6 Å². The number of rotatable bonds is 8. The van der Waals surface area contributed by atoms with E-state index in [0.29, 0.717) is 13.0 Å². The van der Waals surface area contributed by atoms with Gasteiger partial charge >= 0.3 is 5.97 Å². The van der Waals surface area contributed by atoms with Crippen molar-refractivity contribution in [1.82, 2.24) is 5.32 Å². The van der Waals surface area contributed by atoms with Crippen molar-refractivity contribution in [2.45, 2.75) is 19.4 Å². The molecule has 1 aliphatic rings. The molecule has 0 saturated carbocycles. The molecule has 1 aliphatic heterocycles. The van der Waals surface area contributed by atoms with Crippen LogP contribution in [0.2, 0.25) is 0 Å². The normalized spacial score (nSPS) is 13.1. The molecule has 1 N–H and O–H groups in total. The predicted molar refractivity (Wildman–Crippen MR) is 109 cm³/mol. The molecule has 10 heteroatoms. The maximum Gasteiger partial charge on any atom is 0.346 e. The highest BCUT2D eigenvalue weighted by molar-refractivity contribution is 5.96. The molecule has 10 nitrogen and oxygen atoms in total. The van der Waals surface area contributed by atoms with Crippen molar-refractivity contribution in [1.29, 1.82) is 0 Å². The summed E-state index contributed by atoms with van der Waals surface area (Å²) in [4.78, 5) is 35.4. The molecule has 31 heavy (non-hydrogen) atoms. The van der Waals surface area contributed by atoms with Crippen LogP contribution in [0, 0.1) is 10.1 Å². The highest BCUT2D eigenvalue weighted by Crippen LogP contribution is 2.37. The molecule has 1 atom stereocenters. The van der Waals surface area contributed by atoms with E-state index in [4.69, 9.17) is 18.9 Å². The van der Waals surface area contributed by atoms with E-state index in [0.717, 1.165) is 17.4 Å². The number of nitrogens with zero attached hydrogens (tertiary/aromatic N) is 1. The van der Waals surface area contributed by atoms with Crippen LogP contribution in [-0.2, 0) is 16.0 Å². The van der Waals surface area contributed by atoms with Crippen LogP contribution in [0.25, 0.3) is 0 Å². The number of fused-ring (bicyclic) bond motifs is 1. The van der Waals surface area contributed by atoms with Gasteiger partial charge in [0.05, 0.1) is 18.1 Å². The summed E-state index contributed by atoms with van der Waals surface area (Å²) in [7, 11) is 1.58. The quantitative estimate of drug-likeness (QED) is 0.384. The Morgan fingerprint density at radius 3 is 2.42 bits per heavy atom. The van der Waals surface area contributed by atoms with Crippen LogP contribution in [0.3, 0.4) is 0 Å². The third-order valence-corrected chi connectivity index (χ3v) is 4.60. The first-order chi connectivity index (χ1) is 14.9. The van der Waals surface area contributed by atoms with E-state index in [1.807, 2.05) is 24.3 Å². The average molecular weight is 430 g/mol. The fraction of sp³-hybridized carbons (Fsp3) is 0.333. The summed E-state index contributed by atoms with van der Waals surface area (Å²) < 4.78 is 20.9. The number of hydrogen-bond donors (Lipinski definition) is 1. The Labute approximate surface area is 178 Å². The lowest BCUT2D eigenvalue weighted by Gasteiger charge is -2.19. The molecule has 1 amide bonds. The molecule has 1 heterocycles. The second-order valence-electron chi connectivity index (χ2n) is 6.71. The van der Waals surface area contributed by atoms with Gasteiger partial charge < -0.3 is 24.3 Å². The van der Waals surface area contributed by atoms with Crippen molar-refractivity contribution in [3.8, 4) is 17.2 Å². The lowest BCUT2D eigenvalue weighted by atomic mass is 10.1. The first-order valence-electron chi connectivity index (χ1n) is 9.58. The van der Waals surface area contributed by atoms with Gasteiger partial charge in [-0.25, -0.2) is 4.79 Å². The highest BCUT2D eigenvalue weighted by Gasteiger charge is 2.29. The van der Waals surface area contributed by atoms with Gasteiger partial charge in [-0.05, 0) is 31.0 Å². The Morgan fingerprint density at radius 2 is 1.81 bits per heavy atom. The lowest BCUT2D eigenvalue weighted by molar-refractivity contribution is -0.385. The molecule has 164 valence electrons. The van der Waals surface area contributed by atoms with Crippen LogP contribution in [0.5, 0.6) is 17.2 Å². The molecule has 0 aromatic heterocycles. The van der Waals surface area contributed by atoms with Crippen LogP contribution in [-0.4, -0.2) is 49.8 Å². The van der Waals surface area contributed by atoms with Gasteiger partial charge in [0.1, 0.15) is 24.5 Å². The molecule has 1 unspecified atom stereocenters. The molecule has 0 spiro atoms. The van der Waals surface area contributed by atoms with Gasteiger partial charge in [0, 0.05) is 12.6 Å². The summed E-state index contributed by atoms with van der Waals surface area (Å²) in [6, 6.07) is 9.72. The SMILES string of the molecule is COc1ccc(CCNC(=O)C(C)OC(=O)c2cc3c(cc2[N+](=O)[O-])OCCO3)cc1. The lowest BCUT2D eigenvalue weighted by Crippen LogP contribution is -2.37. The number of carbonyl (C=O) groups is 2. The van der Waals surface area contributed by atoms with Crippen LogP contribution >= 0.6 is 0 Å². The third kappa shape index (κ3) is 5.41. The number of esters is 1. The Balaban J connectivity index is 1.59. The van der Waals surface area contributed by atoms with Gasteiger partial charge in [0.2, 0.25) is 0 Å². The first-order valence-corrected chi connectivity index (χ1v) is 9.58. The Bertz CT molecular complexity index is 974. The highest BCUT2D eigenvalue weighted by atomic mass is 16.6. The average Bonchev–Trinajstić information content (AvgIpc) is 2.78. The zero-order valence-electron chi connectivity index (χ0n) is 17.1. The van der Waals surface area contributed by atoms with Gasteiger partial charge in [-0.1, -0.05) is 12.1 Å². The van der Waals surface area contributed by atoms with Crippen molar-refractivity contribution >= 4 is 17.6 Å². The summed E-state index contributed by atoms with van der Waals surface area (Å²) in [6.07, 6.45) is -0.569. The van der Waals surface area contributed by atoms with Crippen molar-refractivity contribution in [2.75, 3.05) is 26.9 Å². The predicted octanol–water partition coefficient (Wildman–Crippen LogP) is 2.28. The van der Waals surface area contributed by atoms with E-state index in [9.17, 15) is 19.7 Å². The number of benzene rings is 2. The van der Waals surface area contributed by atoms with Gasteiger partial charge in [0.15, 0.2) is 17.6 Å². The maximum absolute atomic E-state index is 12.5. The summed E-state index contributed by atoms with van der Waals surface area (Å²) in [6.45, 7) is 2.23. The number of methoxy groups -OCH3 is 1. The number of nitrogens with one attached hydrogen (secondary N) is 1. The van der Waals surface area contributed by atoms with Gasteiger partial charge in [-0.3, -0.25) is 14.9 Å². The zero-order valence-corrected chi connectivity index (χ0v) is 17.1. The summed E-state index contributed by atoms with van der Waals surface area (Å²) in [5, 5.41) is 14.0. The van der Waals surface area contributed by atoms with E-state index in [1.54, 1.807) is 7.11 Å². The fourth-order valence-corrected chi connectivity index (χ4v) is 2.94. The van der Waals surface area contributed by atoms with Gasteiger partial charge in [-0.15, -0.1) is 0 Å². The molecule has 2 aromatic rings. The van der Waals surface area contributed by atoms with E-state index in [1.165, 1.54) is 13.0 Å². The minimum atomic E-state index is -1.14. The van der Waals surface area contributed by atoms with Crippen molar-refractivity contribution < 1.29 is 33.5 Å². The smallest absolute Gasteiger partial charge is 0.346 e. The molecule has 3 rings (SSSR count). The Morgan fingerprint density at radius 1 is 1.16 bits per heavy atom. The second kappa shape index (κ2) is 9.79. The van der Waals surface area contributed by atoms with Gasteiger partial charge in [-0.2, -0.15) is 0 Å². The van der Waals surface area contributed by atoms with E-state index in [-0.39, 0.29) is 30.3 Å². The largest absolute Gasteiger partial charge is 0.497 e. The molecule has 0 bridgehead atoms. The molecule has 2 aromatic carbocycles. The van der Waals surface area contributed by atoms with Crippen molar-refractivity contribution in [3.63, 3.8) is 0 Å². The molecule has 0 aliphatic carbocycles. The Hall–Kier alpha value is -3.82. The van der Waals surface area contributed by atoms with E-state index >= 15 is 0 Å². The molecule has 0 saturated heterocycles. The van der Waals surface area contributed by atoms with Crippen molar-refractivity contribution in [2.24, 2.45) is 0 Å². The van der Waals surface area contributed by atoms with Gasteiger partial charge in [0.25, 0.3) is 11.6 Å².